The molecule has 0 unspecified atom stereocenters. The second kappa shape index (κ2) is 5.38. The van der Waals surface area contributed by atoms with Crippen molar-refractivity contribution >= 4 is 11.9 Å². The van der Waals surface area contributed by atoms with E-state index in [1.54, 1.807) is 13.8 Å². The molecule has 6 heteroatoms. The maximum absolute atomic E-state index is 11.7. The van der Waals surface area contributed by atoms with Crippen LogP contribution in [-0.4, -0.2) is 33.5 Å². The fraction of sp³-hybridized carbons (Fsp3) is 0.455. The van der Waals surface area contributed by atoms with Crippen LogP contribution in [0.25, 0.3) is 0 Å². The molecule has 6 nitrogen and oxygen atoms in total. The largest absolute Gasteiger partial charge is 0.481 e. The van der Waals surface area contributed by atoms with Crippen molar-refractivity contribution in [1.82, 2.24) is 15.3 Å². The van der Waals surface area contributed by atoms with Crippen LogP contribution < -0.4 is 5.32 Å². The number of nitrogens with one attached hydrogen (secondary N) is 1. The van der Waals surface area contributed by atoms with E-state index in [0.29, 0.717) is 11.4 Å². The molecule has 1 aromatic rings. The van der Waals surface area contributed by atoms with E-state index in [2.05, 4.69) is 15.3 Å². The predicted octanol–water partition coefficient (Wildman–Crippen LogP) is 0.606. The summed E-state index contributed by atoms with van der Waals surface area (Å²) in [6.45, 7) is 5.38. The molecule has 1 aromatic heterocycles. The SMILES string of the molecule is Cc1nc(C)c(C(=O)NCCC(=O)O)nc1C. The number of carbonyl (C=O) groups excluding carboxylic acids is 1. The molecule has 17 heavy (non-hydrogen) atoms. The van der Waals surface area contributed by atoms with Crippen molar-refractivity contribution in [2.45, 2.75) is 27.2 Å². The Kier molecular flexibility index (Phi) is 4.14. The van der Waals surface area contributed by atoms with Crippen LogP contribution in [0.4, 0.5) is 0 Å². The first-order valence-electron chi connectivity index (χ1n) is 5.23. The number of aromatic nitrogens is 2. The highest BCUT2D eigenvalue weighted by atomic mass is 16.4. The monoisotopic (exact) mass is 237 g/mol. The predicted molar refractivity (Wildman–Crippen MR) is 60.8 cm³/mol. The third kappa shape index (κ3) is 3.51. The van der Waals surface area contributed by atoms with Crippen LogP contribution in [0.1, 0.15) is 34.0 Å². The van der Waals surface area contributed by atoms with E-state index in [4.69, 9.17) is 5.11 Å². The summed E-state index contributed by atoms with van der Waals surface area (Å²) in [4.78, 5) is 30.4. The van der Waals surface area contributed by atoms with Gasteiger partial charge in [-0.15, -0.1) is 0 Å². The molecule has 2 N–H and O–H groups in total. The van der Waals surface area contributed by atoms with Gasteiger partial charge in [-0.05, 0) is 20.8 Å². The van der Waals surface area contributed by atoms with E-state index in [1.165, 1.54) is 0 Å². The van der Waals surface area contributed by atoms with Gasteiger partial charge in [0.05, 0.1) is 23.5 Å². The molecule has 0 aliphatic carbocycles. The molecule has 0 fully saturated rings. The van der Waals surface area contributed by atoms with Crippen LogP contribution in [-0.2, 0) is 4.79 Å². The minimum atomic E-state index is -0.951. The van der Waals surface area contributed by atoms with Gasteiger partial charge in [0.2, 0.25) is 0 Å². The van der Waals surface area contributed by atoms with Gasteiger partial charge in [0.1, 0.15) is 5.69 Å². The average molecular weight is 237 g/mol. The van der Waals surface area contributed by atoms with Crippen molar-refractivity contribution in [2.75, 3.05) is 6.54 Å². The molecular weight excluding hydrogens is 222 g/mol. The first-order valence-corrected chi connectivity index (χ1v) is 5.23. The molecular formula is C11H15N3O3. The number of amides is 1. The zero-order valence-corrected chi connectivity index (χ0v) is 10.1. The van der Waals surface area contributed by atoms with E-state index in [0.717, 1.165) is 5.69 Å². The van der Waals surface area contributed by atoms with Gasteiger partial charge in [-0.25, -0.2) is 4.98 Å². The molecule has 0 aliphatic rings. The van der Waals surface area contributed by atoms with Gasteiger partial charge in [-0.3, -0.25) is 14.6 Å². The van der Waals surface area contributed by atoms with Crippen LogP contribution in [0.5, 0.6) is 0 Å². The van der Waals surface area contributed by atoms with Crippen LogP contribution in [0, 0.1) is 20.8 Å². The molecule has 0 aromatic carbocycles. The second-order valence-corrected chi connectivity index (χ2v) is 3.73. The maximum Gasteiger partial charge on any atom is 0.305 e. The molecule has 0 radical (unpaired) electrons. The average Bonchev–Trinajstić information content (AvgIpc) is 2.22. The molecule has 92 valence electrons. The van der Waals surface area contributed by atoms with Crippen LogP contribution >= 0.6 is 0 Å². The van der Waals surface area contributed by atoms with Crippen molar-refractivity contribution in [3.8, 4) is 0 Å². The molecule has 0 spiro atoms. The van der Waals surface area contributed by atoms with Gasteiger partial charge in [0.15, 0.2) is 0 Å². The van der Waals surface area contributed by atoms with Gasteiger partial charge in [-0.2, -0.15) is 0 Å². The summed E-state index contributed by atoms with van der Waals surface area (Å²) in [7, 11) is 0. The Hall–Kier alpha value is -1.98. The number of rotatable bonds is 4. The summed E-state index contributed by atoms with van der Waals surface area (Å²) in [5.41, 5.74) is 2.27. The molecule has 1 rings (SSSR count). The summed E-state index contributed by atoms with van der Waals surface area (Å²) >= 11 is 0. The van der Waals surface area contributed by atoms with Gasteiger partial charge in [0.25, 0.3) is 5.91 Å². The van der Waals surface area contributed by atoms with Crippen LogP contribution in [0.2, 0.25) is 0 Å². The second-order valence-electron chi connectivity index (χ2n) is 3.73. The quantitative estimate of drug-likeness (QED) is 0.800. The number of carboxylic acid groups (broad SMARTS) is 1. The lowest BCUT2D eigenvalue weighted by molar-refractivity contribution is -0.136. The number of aryl methyl sites for hydroxylation is 3. The molecule has 1 heterocycles. The highest BCUT2D eigenvalue weighted by molar-refractivity contribution is 5.93. The summed E-state index contributed by atoms with van der Waals surface area (Å²) in [5, 5.41) is 10.9. The van der Waals surface area contributed by atoms with Crippen molar-refractivity contribution in [3.63, 3.8) is 0 Å². The van der Waals surface area contributed by atoms with Gasteiger partial charge >= 0.3 is 5.97 Å². The number of carbonyl (C=O) groups is 2. The highest BCUT2D eigenvalue weighted by Crippen LogP contribution is 2.06. The minimum absolute atomic E-state index is 0.0855. The zero-order chi connectivity index (χ0) is 13.0. The van der Waals surface area contributed by atoms with Crippen LogP contribution in [0.15, 0.2) is 0 Å². The third-order valence-corrected chi connectivity index (χ3v) is 2.32. The normalized spacial score (nSPS) is 10.1. The zero-order valence-electron chi connectivity index (χ0n) is 10.1. The third-order valence-electron chi connectivity index (χ3n) is 2.32. The lowest BCUT2D eigenvalue weighted by Crippen LogP contribution is -2.28. The van der Waals surface area contributed by atoms with Gasteiger partial charge < -0.3 is 10.4 Å². The van der Waals surface area contributed by atoms with Crippen molar-refractivity contribution in [1.29, 1.82) is 0 Å². The van der Waals surface area contributed by atoms with Crippen LogP contribution in [0.3, 0.4) is 0 Å². The van der Waals surface area contributed by atoms with Gasteiger partial charge in [0, 0.05) is 6.54 Å². The first-order chi connectivity index (χ1) is 7.91. The maximum atomic E-state index is 11.7. The van der Waals surface area contributed by atoms with E-state index in [-0.39, 0.29) is 24.6 Å². The first kappa shape index (κ1) is 13.1. The molecule has 0 saturated carbocycles. The summed E-state index contributed by atoms with van der Waals surface area (Å²) in [6, 6.07) is 0. The highest BCUT2D eigenvalue weighted by Gasteiger charge is 2.13. The molecule has 1 amide bonds. The Morgan fingerprint density at radius 2 is 1.71 bits per heavy atom. The molecule has 0 atom stereocenters. The summed E-state index contributed by atoms with van der Waals surface area (Å²) in [6.07, 6.45) is -0.108. The smallest absolute Gasteiger partial charge is 0.305 e. The Morgan fingerprint density at radius 1 is 1.12 bits per heavy atom. The van der Waals surface area contributed by atoms with Crippen molar-refractivity contribution in [2.24, 2.45) is 0 Å². The van der Waals surface area contributed by atoms with Gasteiger partial charge in [-0.1, -0.05) is 0 Å². The standard InChI is InChI=1S/C11H15N3O3/c1-6-7(2)14-10(8(3)13-6)11(17)12-5-4-9(15)16/h4-5H2,1-3H3,(H,12,17)(H,15,16). The fourth-order valence-corrected chi connectivity index (χ4v) is 1.30. The van der Waals surface area contributed by atoms with E-state index in [1.807, 2.05) is 6.92 Å². The molecule has 0 bridgehead atoms. The lowest BCUT2D eigenvalue weighted by Gasteiger charge is -2.07. The topological polar surface area (TPSA) is 92.2 Å². The van der Waals surface area contributed by atoms with E-state index in [9.17, 15) is 9.59 Å². The van der Waals surface area contributed by atoms with Crippen molar-refractivity contribution in [3.05, 3.63) is 22.8 Å². The number of hydrogen-bond donors (Lipinski definition) is 2. The number of aliphatic carboxylic acids is 1. The number of nitrogens with zero attached hydrogens (tertiary/aromatic N) is 2. The number of hydrogen-bond acceptors (Lipinski definition) is 4. The summed E-state index contributed by atoms with van der Waals surface area (Å²) in [5.74, 6) is -1.34. The Labute approximate surface area is 99.1 Å². The Bertz CT molecular complexity index is 458. The Morgan fingerprint density at radius 3 is 2.29 bits per heavy atom. The minimum Gasteiger partial charge on any atom is -0.481 e. The summed E-state index contributed by atoms with van der Waals surface area (Å²) < 4.78 is 0. The molecule has 0 saturated heterocycles. The Balaban J connectivity index is 2.75. The molecule has 0 aliphatic heterocycles. The fourth-order valence-electron chi connectivity index (χ4n) is 1.30. The lowest BCUT2D eigenvalue weighted by atomic mass is 10.2. The van der Waals surface area contributed by atoms with Crippen molar-refractivity contribution < 1.29 is 14.7 Å². The van der Waals surface area contributed by atoms with E-state index >= 15 is 0 Å². The van der Waals surface area contributed by atoms with E-state index < -0.39 is 5.97 Å². The number of carboxylic acids is 1.